The highest BCUT2D eigenvalue weighted by atomic mass is 32.1. The van der Waals surface area contributed by atoms with E-state index in [4.69, 9.17) is 18.9 Å². The van der Waals surface area contributed by atoms with E-state index in [9.17, 15) is 0 Å². The first kappa shape index (κ1) is 27.1. The molecule has 42 heavy (non-hydrogen) atoms. The van der Waals surface area contributed by atoms with Crippen molar-refractivity contribution >= 4 is 38.6 Å². The molecule has 7 rings (SSSR count). The van der Waals surface area contributed by atoms with Crippen molar-refractivity contribution in [2.45, 2.75) is 27.0 Å². The average molecular weight is 601 g/mol. The second-order valence-corrected chi connectivity index (χ2v) is 13.1. The van der Waals surface area contributed by atoms with Gasteiger partial charge in [0, 0.05) is 55.3 Å². The zero-order valence-electron chi connectivity index (χ0n) is 24.1. The second kappa shape index (κ2) is 11.1. The topological polar surface area (TPSA) is 81.2 Å². The van der Waals surface area contributed by atoms with Crippen molar-refractivity contribution in [3.05, 3.63) is 69.8 Å². The molecular formula is C31H32N6O3S2. The van der Waals surface area contributed by atoms with Crippen LogP contribution in [0.5, 0.6) is 11.5 Å². The monoisotopic (exact) mass is 600 g/mol. The van der Waals surface area contributed by atoms with Gasteiger partial charge >= 0.3 is 0 Å². The Kier molecular flexibility index (Phi) is 7.19. The number of furan rings is 1. The van der Waals surface area contributed by atoms with E-state index < -0.39 is 0 Å². The number of imidazole rings is 1. The lowest BCUT2D eigenvalue weighted by Gasteiger charge is -2.32. The van der Waals surface area contributed by atoms with Gasteiger partial charge in [-0.15, -0.1) is 11.3 Å². The van der Waals surface area contributed by atoms with Gasteiger partial charge in [-0.05, 0) is 32.5 Å². The molecule has 5 heterocycles. The fraction of sp³-hybridized carbons (Fsp3) is 0.323. The maximum Gasteiger partial charge on any atom is 0.212 e. The molecule has 0 atom stereocenters. The standard InChI is InChI=1S/C31H32N6O3S2/c1-19-26(32-30(41-19)22-7-5-21(6-8-22)16-36-11-9-35(3)10-12-36)18-39-27-13-23(38-4)14-28-24(27)15-29(40-28)25-17-37-31(33-25)42-20(2)34-37/h5-8,13-15,17H,9-12,16,18H2,1-4H3. The Morgan fingerprint density at radius 2 is 1.79 bits per heavy atom. The van der Waals surface area contributed by atoms with Crippen molar-refractivity contribution in [1.82, 2.24) is 29.4 Å². The van der Waals surface area contributed by atoms with E-state index in [-0.39, 0.29) is 0 Å². The van der Waals surface area contributed by atoms with E-state index in [2.05, 4.69) is 58.1 Å². The summed E-state index contributed by atoms with van der Waals surface area (Å²) in [5, 5.41) is 7.28. The molecule has 1 aliphatic rings. The number of piperazine rings is 1. The normalized spacial score (nSPS) is 14.8. The predicted octanol–water partition coefficient (Wildman–Crippen LogP) is 6.28. The molecule has 0 bridgehead atoms. The van der Waals surface area contributed by atoms with Gasteiger partial charge in [-0.1, -0.05) is 35.6 Å². The minimum absolute atomic E-state index is 0.343. The van der Waals surface area contributed by atoms with Crippen LogP contribution in [0.1, 0.15) is 21.1 Å². The molecule has 0 saturated carbocycles. The van der Waals surface area contributed by atoms with Gasteiger partial charge in [-0.2, -0.15) is 5.10 Å². The first-order valence-electron chi connectivity index (χ1n) is 14.0. The van der Waals surface area contributed by atoms with Crippen LogP contribution in [0.15, 0.2) is 53.1 Å². The van der Waals surface area contributed by atoms with Gasteiger partial charge in [0.15, 0.2) is 5.76 Å². The van der Waals surface area contributed by atoms with Crippen LogP contribution < -0.4 is 9.47 Å². The van der Waals surface area contributed by atoms with Crippen molar-refractivity contribution < 1.29 is 13.9 Å². The fourth-order valence-electron chi connectivity index (χ4n) is 5.21. The van der Waals surface area contributed by atoms with Crippen molar-refractivity contribution in [2.75, 3.05) is 40.3 Å². The lowest BCUT2D eigenvalue weighted by atomic mass is 10.1. The quantitative estimate of drug-likeness (QED) is 0.202. The van der Waals surface area contributed by atoms with Crippen LogP contribution >= 0.6 is 22.7 Å². The minimum Gasteiger partial charge on any atom is -0.496 e. The number of likely N-dealkylation sites (N-methyl/N-ethyl adjacent to an activating group) is 1. The minimum atomic E-state index is 0.343. The molecular weight excluding hydrogens is 569 g/mol. The number of aromatic nitrogens is 4. The van der Waals surface area contributed by atoms with Crippen LogP contribution in [-0.4, -0.2) is 69.7 Å². The van der Waals surface area contributed by atoms with Gasteiger partial charge in [0.25, 0.3) is 0 Å². The molecule has 1 aliphatic heterocycles. The molecule has 0 amide bonds. The number of ether oxygens (including phenoxy) is 2. The van der Waals surface area contributed by atoms with Crippen LogP contribution in [0.4, 0.5) is 0 Å². The molecule has 0 unspecified atom stereocenters. The highest BCUT2D eigenvalue weighted by Gasteiger charge is 2.18. The van der Waals surface area contributed by atoms with E-state index in [0.717, 1.165) is 74.9 Å². The van der Waals surface area contributed by atoms with Gasteiger partial charge in [0.05, 0.1) is 24.4 Å². The summed E-state index contributed by atoms with van der Waals surface area (Å²) in [6.07, 6.45) is 1.88. The maximum atomic E-state index is 6.36. The van der Waals surface area contributed by atoms with E-state index in [1.165, 1.54) is 5.56 Å². The van der Waals surface area contributed by atoms with E-state index in [0.29, 0.717) is 29.4 Å². The molecule has 6 aromatic rings. The summed E-state index contributed by atoms with van der Waals surface area (Å²) in [6.45, 7) is 9.89. The van der Waals surface area contributed by atoms with Crippen molar-refractivity contribution in [3.8, 4) is 33.5 Å². The largest absolute Gasteiger partial charge is 0.496 e. The molecule has 0 aliphatic carbocycles. The zero-order chi connectivity index (χ0) is 28.8. The molecule has 9 nitrogen and oxygen atoms in total. The molecule has 0 radical (unpaired) electrons. The molecule has 1 fully saturated rings. The number of hydrogen-bond donors (Lipinski definition) is 0. The highest BCUT2D eigenvalue weighted by Crippen LogP contribution is 2.38. The fourth-order valence-corrected chi connectivity index (χ4v) is 6.86. The van der Waals surface area contributed by atoms with Crippen molar-refractivity contribution in [1.29, 1.82) is 0 Å². The average Bonchev–Trinajstić information content (AvgIpc) is 3.75. The Bertz CT molecular complexity index is 1830. The van der Waals surface area contributed by atoms with Crippen molar-refractivity contribution in [3.63, 3.8) is 0 Å². The molecule has 1 saturated heterocycles. The van der Waals surface area contributed by atoms with Gasteiger partial charge in [0.2, 0.25) is 4.96 Å². The van der Waals surface area contributed by atoms with Crippen LogP contribution in [0.25, 0.3) is 38.0 Å². The number of rotatable bonds is 8. The SMILES string of the molecule is COc1cc(OCc2nc(-c3ccc(CN4CCN(C)CC4)cc3)sc2C)c2cc(-c3cn4nc(C)sc4n3)oc2c1. The molecule has 11 heteroatoms. The summed E-state index contributed by atoms with van der Waals surface area (Å²) in [5.41, 5.74) is 4.79. The zero-order valence-corrected chi connectivity index (χ0v) is 25.7. The van der Waals surface area contributed by atoms with Gasteiger partial charge in [-0.25, -0.2) is 14.5 Å². The highest BCUT2D eigenvalue weighted by molar-refractivity contribution is 7.16. The summed E-state index contributed by atoms with van der Waals surface area (Å²) < 4.78 is 19.9. The number of fused-ring (bicyclic) bond motifs is 2. The first-order valence-corrected chi connectivity index (χ1v) is 15.6. The number of hydrogen-bond acceptors (Lipinski definition) is 10. The molecule has 216 valence electrons. The number of aryl methyl sites for hydroxylation is 2. The Labute approximate surface area is 251 Å². The second-order valence-electron chi connectivity index (χ2n) is 10.7. The summed E-state index contributed by atoms with van der Waals surface area (Å²) in [6, 6.07) is 14.5. The lowest BCUT2D eigenvalue weighted by Crippen LogP contribution is -2.43. The third-order valence-corrected chi connectivity index (χ3v) is 9.57. The number of nitrogens with zero attached hydrogens (tertiary/aromatic N) is 6. The summed E-state index contributed by atoms with van der Waals surface area (Å²) >= 11 is 3.24. The van der Waals surface area contributed by atoms with Gasteiger partial charge in [-0.3, -0.25) is 4.90 Å². The predicted molar refractivity (Wildman–Crippen MR) is 167 cm³/mol. The lowest BCUT2D eigenvalue weighted by molar-refractivity contribution is 0.148. The Hall–Kier alpha value is -3.77. The first-order chi connectivity index (χ1) is 20.4. The molecule has 2 aromatic carbocycles. The van der Waals surface area contributed by atoms with Crippen LogP contribution in [0.2, 0.25) is 0 Å². The van der Waals surface area contributed by atoms with Crippen LogP contribution in [0, 0.1) is 13.8 Å². The number of benzene rings is 2. The maximum absolute atomic E-state index is 6.36. The molecule has 0 N–H and O–H groups in total. The van der Waals surface area contributed by atoms with Gasteiger partial charge < -0.3 is 18.8 Å². The summed E-state index contributed by atoms with van der Waals surface area (Å²) in [7, 11) is 3.83. The van der Waals surface area contributed by atoms with Crippen molar-refractivity contribution in [2.24, 2.45) is 0 Å². The Morgan fingerprint density at radius 1 is 0.976 bits per heavy atom. The number of methoxy groups -OCH3 is 1. The van der Waals surface area contributed by atoms with Crippen LogP contribution in [-0.2, 0) is 13.2 Å². The van der Waals surface area contributed by atoms with Gasteiger partial charge in [0.1, 0.15) is 39.4 Å². The Balaban J connectivity index is 1.08. The molecule has 0 spiro atoms. The van der Waals surface area contributed by atoms with E-state index in [1.807, 2.05) is 31.3 Å². The third kappa shape index (κ3) is 5.40. The van der Waals surface area contributed by atoms with Crippen LogP contribution in [0.3, 0.4) is 0 Å². The van der Waals surface area contributed by atoms with E-state index in [1.54, 1.807) is 34.3 Å². The smallest absolute Gasteiger partial charge is 0.212 e. The summed E-state index contributed by atoms with van der Waals surface area (Å²) in [4.78, 5) is 16.5. The summed E-state index contributed by atoms with van der Waals surface area (Å²) in [5.74, 6) is 1.99. The Morgan fingerprint density at radius 3 is 2.55 bits per heavy atom. The molecule has 4 aromatic heterocycles. The third-order valence-electron chi connectivity index (χ3n) is 7.67. The number of thiazole rings is 1. The van der Waals surface area contributed by atoms with E-state index >= 15 is 0 Å².